The van der Waals surface area contributed by atoms with Crippen LogP contribution in [0.4, 0.5) is 5.69 Å². The molecule has 0 N–H and O–H groups in total. The van der Waals surface area contributed by atoms with Gasteiger partial charge in [-0.15, -0.1) is 0 Å². The summed E-state index contributed by atoms with van der Waals surface area (Å²) in [5.74, 6) is 0. The topological polar surface area (TPSA) is 3.24 Å². The first-order chi connectivity index (χ1) is 7.26. The molecule has 82 valence electrons. The molecule has 1 fully saturated rings. The maximum Gasteiger partial charge on any atom is 0.0380 e. The lowest BCUT2D eigenvalue weighted by Crippen LogP contribution is -2.24. The summed E-state index contributed by atoms with van der Waals surface area (Å²) in [6.45, 7) is 3.33. The lowest BCUT2D eigenvalue weighted by atomic mass is 10.2. The van der Waals surface area contributed by atoms with Gasteiger partial charge in [-0.2, -0.15) is 0 Å². The molecular formula is C12H15Br2N. The number of hydrogen-bond donors (Lipinski definition) is 0. The SMILES string of the molecule is CCN(c1ccc(CBr)c(Br)c1)C1CC1. The van der Waals surface area contributed by atoms with Crippen LogP contribution in [0.1, 0.15) is 25.3 Å². The maximum atomic E-state index is 3.62. The average Bonchev–Trinajstić information content (AvgIpc) is 3.03. The second-order valence-corrected chi connectivity index (χ2v) is 5.34. The zero-order valence-electron chi connectivity index (χ0n) is 8.84. The fourth-order valence-electron chi connectivity index (χ4n) is 1.86. The number of anilines is 1. The number of nitrogens with zero attached hydrogens (tertiary/aromatic N) is 1. The van der Waals surface area contributed by atoms with Gasteiger partial charge in [0.1, 0.15) is 0 Å². The van der Waals surface area contributed by atoms with Crippen molar-refractivity contribution < 1.29 is 0 Å². The van der Waals surface area contributed by atoms with Gasteiger partial charge in [0, 0.05) is 28.1 Å². The van der Waals surface area contributed by atoms with E-state index in [1.807, 2.05) is 0 Å². The summed E-state index contributed by atoms with van der Waals surface area (Å²) < 4.78 is 1.20. The Labute approximate surface area is 108 Å². The molecule has 0 aromatic heterocycles. The van der Waals surface area contributed by atoms with Gasteiger partial charge in [0.2, 0.25) is 0 Å². The molecule has 1 aromatic carbocycles. The largest absolute Gasteiger partial charge is 0.369 e. The number of benzene rings is 1. The Balaban J connectivity index is 2.23. The summed E-state index contributed by atoms with van der Waals surface area (Å²) in [5, 5.41) is 0.906. The van der Waals surface area contributed by atoms with Crippen LogP contribution < -0.4 is 4.90 Å². The zero-order chi connectivity index (χ0) is 10.8. The fraction of sp³-hybridized carbons (Fsp3) is 0.500. The Kier molecular flexibility index (Phi) is 3.73. The molecule has 2 rings (SSSR count). The quantitative estimate of drug-likeness (QED) is 0.742. The van der Waals surface area contributed by atoms with E-state index in [1.165, 1.54) is 28.6 Å². The highest BCUT2D eigenvalue weighted by Gasteiger charge is 2.28. The van der Waals surface area contributed by atoms with Gasteiger partial charge in [0.25, 0.3) is 0 Å². The first-order valence-corrected chi connectivity index (χ1v) is 7.28. The summed E-state index contributed by atoms with van der Waals surface area (Å²) in [6, 6.07) is 7.44. The van der Waals surface area contributed by atoms with E-state index in [4.69, 9.17) is 0 Å². The Hall–Kier alpha value is -0.0200. The number of hydrogen-bond acceptors (Lipinski definition) is 1. The van der Waals surface area contributed by atoms with E-state index in [9.17, 15) is 0 Å². The van der Waals surface area contributed by atoms with E-state index >= 15 is 0 Å². The Morgan fingerprint density at radius 3 is 2.60 bits per heavy atom. The lowest BCUT2D eigenvalue weighted by Gasteiger charge is -2.23. The molecule has 1 aromatic rings. The first-order valence-electron chi connectivity index (χ1n) is 5.37. The molecule has 1 aliphatic rings. The third-order valence-electron chi connectivity index (χ3n) is 2.84. The van der Waals surface area contributed by atoms with Crippen LogP contribution in [0.15, 0.2) is 22.7 Å². The van der Waals surface area contributed by atoms with Crippen molar-refractivity contribution in [2.24, 2.45) is 0 Å². The van der Waals surface area contributed by atoms with Crippen LogP contribution in [0.3, 0.4) is 0 Å². The van der Waals surface area contributed by atoms with Crippen LogP contribution in [-0.4, -0.2) is 12.6 Å². The summed E-state index contributed by atoms with van der Waals surface area (Å²) >= 11 is 7.10. The molecule has 0 spiro atoms. The van der Waals surface area contributed by atoms with Crippen molar-refractivity contribution in [3.8, 4) is 0 Å². The van der Waals surface area contributed by atoms with Crippen LogP contribution in [0.2, 0.25) is 0 Å². The molecule has 3 heteroatoms. The summed E-state index contributed by atoms with van der Waals surface area (Å²) in [4.78, 5) is 2.49. The van der Waals surface area contributed by atoms with E-state index in [0.29, 0.717) is 0 Å². The van der Waals surface area contributed by atoms with Gasteiger partial charge in [-0.3, -0.25) is 0 Å². The smallest absolute Gasteiger partial charge is 0.0380 e. The van der Waals surface area contributed by atoms with E-state index in [-0.39, 0.29) is 0 Å². The van der Waals surface area contributed by atoms with Gasteiger partial charge in [-0.1, -0.05) is 37.9 Å². The molecule has 1 nitrogen and oxygen atoms in total. The molecular weight excluding hydrogens is 318 g/mol. The molecule has 0 radical (unpaired) electrons. The minimum atomic E-state index is 0.789. The van der Waals surface area contributed by atoms with Crippen molar-refractivity contribution in [3.63, 3.8) is 0 Å². The monoisotopic (exact) mass is 331 g/mol. The predicted molar refractivity (Wildman–Crippen MR) is 72.8 cm³/mol. The highest BCUT2D eigenvalue weighted by atomic mass is 79.9. The van der Waals surface area contributed by atoms with E-state index < -0.39 is 0 Å². The van der Waals surface area contributed by atoms with Gasteiger partial charge >= 0.3 is 0 Å². The summed E-state index contributed by atoms with van der Waals surface area (Å²) in [7, 11) is 0. The second-order valence-electron chi connectivity index (χ2n) is 3.93. The maximum absolute atomic E-state index is 3.62. The highest BCUT2D eigenvalue weighted by molar-refractivity contribution is 9.10. The van der Waals surface area contributed by atoms with Crippen molar-refractivity contribution in [1.82, 2.24) is 0 Å². The normalized spacial score (nSPS) is 15.4. The van der Waals surface area contributed by atoms with Crippen LogP contribution in [0, 0.1) is 0 Å². The average molecular weight is 333 g/mol. The number of halogens is 2. The Bertz CT molecular complexity index is 347. The Morgan fingerprint density at radius 2 is 2.13 bits per heavy atom. The third-order valence-corrected chi connectivity index (χ3v) is 4.18. The van der Waals surface area contributed by atoms with Gasteiger partial charge in [0.15, 0.2) is 0 Å². The van der Waals surface area contributed by atoms with Crippen LogP contribution in [-0.2, 0) is 5.33 Å². The minimum absolute atomic E-state index is 0.789. The van der Waals surface area contributed by atoms with Crippen molar-refractivity contribution in [2.75, 3.05) is 11.4 Å². The third kappa shape index (κ3) is 2.56. The molecule has 0 atom stereocenters. The van der Waals surface area contributed by atoms with Crippen LogP contribution in [0.25, 0.3) is 0 Å². The zero-order valence-corrected chi connectivity index (χ0v) is 12.0. The molecule has 0 unspecified atom stereocenters. The molecule has 0 amide bonds. The molecule has 1 saturated carbocycles. The second kappa shape index (κ2) is 4.88. The molecule has 1 aliphatic carbocycles. The lowest BCUT2D eigenvalue weighted by molar-refractivity contribution is 0.826. The molecule has 0 bridgehead atoms. The molecule has 0 saturated heterocycles. The minimum Gasteiger partial charge on any atom is -0.369 e. The van der Waals surface area contributed by atoms with Gasteiger partial charge in [-0.05, 0) is 37.5 Å². The van der Waals surface area contributed by atoms with Crippen molar-refractivity contribution >= 4 is 37.5 Å². The van der Waals surface area contributed by atoms with Crippen molar-refractivity contribution in [2.45, 2.75) is 31.1 Å². The van der Waals surface area contributed by atoms with Gasteiger partial charge in [0.05, 0.1) is 0 Å². The van der Waals surface area contributed by atoms with Gasteiger partial charge in [-0.25, -0.2) is 0 Å². The Morgan fingerprint density at radius 1 is 1.40 bits per heavy atom. The fourth-order valence-corrected chi connectivity index (χ4v) is 3.23. The first kappa shape index (κ1) is 11.5. The van der Waals surface area contributed by atoms with Crippen molar-refractivity contribution in [1.29, 1.82) is 0 Å². The van der Waals surface area contributed by atoms with Crippen molar-refractivity contribution in [3.05, 3.63) is 28.2 Å². The van der Waals surface area contributed by atoms with E-state index in [0.717, 1.165) is 17.9 Å². The molecule has 0 heterocycles. The number of rotatable bonds is 4. The summed E-state index contributed by atoms with van der Waals surface area (Å²) in [5.41, 5.74) is 2.65. The molecule has 0 aliphatic heterocycles. The van der Waals surface area contributed by atoms with E-state index in [1.54, 1.807) is 0 Å². The van der Waals surface area contributed by atoms with Crippen LogP contribution >= 0.6 is 31.9 Å². The predicted octanol–water partition coefficient (Wildman–Crippen LogP) is 4.33. The van der Waals surface area contributed by atoms with Crippen LogP contribution in [0.5, 0.6) is 0 Å². The van der Waals surface area contributed by atoms with Gasteiger partial charge < -0.3 is 4.90 Å². The number of alkyl halides is 1. The standard InChI is InChI=1S/C12H15Br2N/c1-2-15(10-5-6-10)11-4-3-9(8-13)12(14)7-11/h3-4,7,10H,2,5-6,8H2,1H3. The molecule has 15 heavy (non-hydrogen) atoms. The van der Waals surface area contributed by atoms with E-state index in [2.05, 4.69) is 61.9 Å². The summed E-state index contributed by atoms with van der Waals surface area (Å²) in [6.07, 6.45) is 2.71. The highest BCUT2D eigenvalue weighted by Crippen LogP contribution is 2.33.